The molecule has 0 bridgehead atoms. The van der Waals surface area contributed by atoms with E-state index in [2.05, 4.69) is 15.1 Å². The van der Waals surface area contributed by atoms with Gasteiger partial charge in [-0.2, -0.15) is 8.42 Å². The van der Waals surface area contributed by atoms with Crippen molar-refractivity contribution in [2.45, 2.75) is 24.4 Å². The molecule has 4 rings (SSSR count). The van der Waals surface area contributed by atoms with Crippen molar-refractivity contribution in [2.75, 3.05) is 31.6 Å². The first-order valence-electron chi connectivity index (χ1n) is 10.8. The zero-order chi connectivity index (χ0) is 23.4. The summed E-state index contributed by atoms with van der Waals surface area (Å²) >= 11 is 7.70. The van der Waals surface area contributed by atoms with Crippen LogP contribution in [0.1, 0.15) is 17.5 Å². The second-order valence-electron chi connectivity index (χ2n) is 8.13. The van der Waals surface area contributed by atoms with Gasteiger partial charge in [0.05, 0.1) is 6.26 Å². The standard InChI is InChI=1S/C23H27ClN4O3S2/c1-27-22(18-4-7-20(24)8-5-18)25-26-23(27)32-15-3-12-28-13-10-17-6-9-21(31-33(2,29)30)16-19(17)11-14-28/h4-9,16H,3,10-15H2,1-2H3. The molecule has 33 heavy (non-hydrogen) atoms. The molecule has 1 aliphatic heterocycles. The van der Waals surface area contributed by atoms with Gasteiger partial charge in [-0.05, 0) is 73.3 Å². The Hall–Kier alpha value is -2.07. The minimum Gasteiger partial charge on any atom is -0.383 e. The first-order chi connectivity index (χ1) is 15.8. The molecule has 0 spiro atoms. The number of halogens is 1. The van der Waals surface area contributed by atoms with Gasteiger partial charge in [-0.1, -0.05) is 29.4 Å². The highest BCUT2D eigenvalue weighted by Crippen LogP contribution is 2.25. The fraction of sp³-hybridized carbons (Fsp3) is 0.391. The lowest BCUT2D eigenvalue weighted by Crippen LogP contribution is -2.27. The summed E-state index contributed by atoms with van der Waals surface area (Å²) in [6.45, 7) is 2.95. The first-order valence-corrected chi connectivity index (χ1v) is 14.0. The van der Waals surface area contributed by atoms with E-state index in [1.54, 1.807) is 17.8 Å². The van der Waals surface area contributed by atoms with Crippen molar-refractivity contribution in [1.29, 1.82) is 0 Å². The van der Waals surface area contributed by atoms with Crippen molar-refractivity contribution in [3.63, 3.8) is 0 Å². The van der Waals surface area contributed by atoms with E-state index in [9.17, 15) is 8.42 Å². The fourth-order valence-electron chi connectivity index (χ4n) is 3.94. The van der Waals surface area contributed by atoms with Gasteiger partial charge in [0.1, 0.15) is 5.75 Å². The maximum atomic E-state index is 11.4. The minimum absolute atomic E-state index is 0.391. The van der Waals surface area contributed by atoms with Crippen molar-refractivity contribution in [3.05, 3.63) is 58.6 Å². The van der Waals surface area contributed by atoms with Crippen LogP contribution in [-0.4, -0.2) is 59.7 Å². The molecular formula is C23H27ClN4O3S2. The van der Waals surface area contributed by atoms with Gasteiger partial charge in [-0.25, -0.2) is 0 Å². The second-order valence-corrected chi connectivity index (χ2v) is 11.2. The number of hydrogen-bond acceptors (Lipinski definition) is 7. The van der Waals surface area contributed by atoms with E-state index in [-0.39, 0.29) is 0 Å². The van der Waals surface area contributed by atoms with Crippen LogP contribution in [0.4, 0.5) is 0 Å². The summed E-state index contributed by atoms with van der Waals surface area (Å²) in [4.78, 5) is 2.47. The Morgan fingerprint density at radius 3 is 2.52 bits per heavy atom. The predicted octanol–water partition coefficient (Wildman–Crippen LogP) is 4.06. The molecule has 1 aliphatic rings. The van der Waals surface area contributed by atoms with Crippen molar-refractivity contribution in [3.8, 4) is 17.1 Å². The molecule has 0 N–H and O–H groups in total. The van der Waals surface area contributed by atoms with E-state index in [0.717, 1.165) is 67.4 Å². The summed E-state index contributed by atoms with van der Waals surface area (Å²) in [5, 5.41) is 10.3. The molecule has 3 aromatic rings. The Kier molecular flexibility index (Phi) is 7.63. The van der Waals surface area contributed by atoms with Gasteiger partial charge in [-0.3, -0.25) is 0 Å². The SMILES string of the molecule is Cn1c(SCCCN2CCc3ccc(OS(C)(=O)=O)cc3CC2)nnc1-c1ccc(Cl)cc1. The number of thioether (sulfide) groups is 1. The van der Waals surface area contributed by atoms with E-state index in [4.69, 9.17) is 15.8 Å². The highest BCUT2D eigenvalue weighted by atomic mass is 35.5. The van der Waals surface area contributed by atoms with E-state index < -0.39 is 10.1 Å². The Labute approximate surface area is 204 Å². The van der Waals surface area contributed by atoms with Gasteiger partial charge in [0.2, 0.25) is 0 Å². The van der Waals surface area contributed by atoms with Crippen molar-refractivity contribution < 1.29 is 12.6 Å². The topological polar surface area (TPSA) is 77.3 Å². The molecule has 2 heterocycles. The normalized spacial score (nSPS) is 14.6. The maximum Gasteiger partial charge on any atom is 0.306 e. The lowest BCUT2D eigenvalue weighted by molar-refractivity contribution is 0.289. The molecule has 1 aromatic heterocycles. The smallest absolute Gasteiger partial charge is 0.306 e. The number of aromatic nitrogens is 3. The van der Waals surface area contributed by atoms with Gasteiger partial charge in [0.25, 0.3) is 0 Å². The van der Waals surface area contributed by atoms with Crippen LogP contribution in [0.25, 0.3) is 11.4 Å². The van der Waals surface area contributed by atoms with Crippen LogP contribution < -0.4 is 4.18 Å². The third-order valence-electron chi connectivity index (χ3n) is 5.61. The van der Waals surface area contributed by atoms with E-state index in [1.165, 1.54) is 11.1 Å². The third kappa shape index (κ3) is 6.50. The lowest BCUT2D eigenvalue weighted by Gasteiger charge is -2.19. The molecule has 0 atom stereocenters. The first kappa shape index (κ1) is 24.1. The maximum absolute atomic E-state index is 11.4. The molecule has 0 unspecified atom stereocenters. The molecule has 0 amide bonds. The number of nitrogens with zero attached hydrogens (tertiary/aromatic N) is 4. The average molecular weight is 507 g/mol. The van der Waals surface area contributed by atoms with Crippen LogP contribution in [0.2, 0.25) is 5.02 Å². The predicted molar refractivity (Wildman–Crippen MR) is 133 cm³/mol. The highest BCUT2D eigenvalue weighted by molar-refractivity contribution is 7.99. The van der Waals surface area contributed by atoms with Crippen LogP contribution in [0.3, 0.4) is 0 Å². The van der Waals surface area contributed by atoms with Gasteiger partial charge in [0, 0.05) is 36.5 Å². The molecular weight excluding hydrogens is 480 g/mol. The summed E-state index contributed by atoms with van der Waals surface area (Å²) in [5.74, 6) is 2.18. The van der Waals surface area contributed by atoms with Crippen LogP contribution in [0.5, 0.6) is 5.75 Å². The quantitative estimate of drug-likeness (QED) is 0.259. The summed E-state index contributed by atoms with van der Waals surface area (Å²) in [6.07, 6.45) is 3.96. The minimum atomic E-state index is -3.51. The molecule has 0 radical (unpaired) electrons. The van der Waals surface area contributed by atoms with Crippen molar-refractivity contribution in [1.82, 2.24) is 19.7 Å². The van der Waals surface area contributed by atoms with Crippen LogP contribution in [0, 0.1) is 0 Å². The molecule has 10 heteroatoms. The number of fused-ring (bicyclic) bond motifs is 1. The Morgan fingerprint density at radius 1 is 1.06 bits per heavy atom. The Bertz CT molecular complexity index is 1210. The molecule has 0 saturated heterocycles. The van der Waals surface area contributed by atoms with Crippen LogP contribution in [0.15, 0.2) is 47.6 Å². The van der Waals surface area contributed by atoms with E-state index in [1.807, 2.05) is 48.0 Å². The summed E-state index contributed by atoms with van der Waals surface area (Å²) in [5.41, 5.74) is 3.43. The van der Waals surface area contributed by atoms with Crippen molar-refractivity contribution in [2.24, 2.45) is 7.05 Å². The molecule has 0 saturated carbocycles. The van der Waals surface area contributed by atoms with Gasteiger partial charge >= 0.3 is 10.1 Å². The summed E-state index contributed by atoms with van der Waals surface area (Å²) < 4.78 is 29.9. The Balaban J connectivity index is 1.26. The largest absolute Gasteiger partial charge is 0.383 e. The third-order valence-corrected chi connectivity index (χ3v) is 7.46. The van der Waals surface area contributed by atoms with Crippen molar-refractivity contribution >= 4 is 33.5 Å². The van der Waals surface area contributed by atoms with Gasteiger partial charge < -0.3 is 13.7 Å². The molecule has 0 fully saturated rings. The molecule has 0 aliphatic carbocycles. The molecule has 7 nitrogen and oxygen atoms in total. The summed E-state index contributed by atoms with van der Waals surface area (Å²) in [7, 11) is -1.52. The molecule has 176 valence electrons. The zero-order valence-corrected chi connectivity index (χ0v) is 21.1. The summed E-state index contributed by atoms with van der Waals surface area (Å²) in [6, 6.07) is 13.2. The highest BCUT2D eigenvalue weighted by Gasteiger charge is 2.16. The van der Waals surface area contributed by atoms with Gasteiger partial charge in [0.15, 0.2) is 11.0 Å². The van der Waals surface area contributed by atoms with E-state index >= 15 is 0 Å². The van der Waals surface area contributed by atoms with Crippen LogP contribution >= 0.6 is 23.4 Å². The molecule has 2 aromatic carbocycles. The van der Waals surface area contributed by atoms with E-state index in [0.29, 0.717) is 10.8 Å². The number of benzene rings is 2. The lowest BCUT2D eigenvalue weighted by atomic mass is 10.0. The second kappa shape index (κ2) is 10.5. The number of hydrogen-bond donors (Lipinski definition) is 0. The number of rotatable bonds is 8. The zero-order valence-electron chi connectivity index (χ0n) is 18.7. The monoisotopic (exact) mass is 506 g/mol. The Morgan fingerprint density at radius 2 is 1.79 bits per heavy atom. The van der Waals surface area contributed by atoms with Crippen LogP contribution in [-0.2, 0) is 30.0 Å². The average Bonchev–Trinajstić information content (AvgIpc) is 3.00. The fourth-order valence-corrected chi connectivity index (χ4v) is 5.35. The van der Waals surface area contributed by atoms with Gasteiger partial charge in [-0.15, -0.1) is 10.2 Å².